The van der Waals surface area contributed by atoms with Gasteiger partial charge in [0.2, 0.25) is 0 Å². The fourth-order valence-corrected chi connectivity index (χ4v) is 2.71. The summed E-state index contributed by atoms with van der Waals surface area (Å²) in [5.74, 6) is -0.0866. The van der Waals surface area contributed by atoms with Crippen molar-refractivity contribution in [1.82, 2.24) is 4.98 Å². The molecule has 3 aromatic rings. The van der Waals surface area contributed by atoms with Crippen LogP contribution in [0.1, 0.15) is 17.0 Å². The number of Topliss-reactive ketones (excluding diaryl/α,β-unsaturated/α-hetero) is 1. The van der Waals surface area contributed by atoms with Crippen molar-refractivity contribution in [1.29, 1.82) is 0 Å². The van der Waals surface area contributed by atoms with Gasteiger partial charge in [-0.2, -0.15) is 0 Å². The molecule has 0 saturated carbocycles. The van der Waals surface area contributed by atoms with Gasteiger partial charge < -0.3 is 5.73 Å². The van der Waals surface area contributed by atoms with Gasteiger partial charge in [-0.1, -0.05) is 48.5 Å². The Hall–Kier alpha value is -2.52. The van der Waals surface area contributed by atoms with E-state index in [2.05, 4.69) is 4.98 Å². The number of aromatic nitrogens is 1. The summed E-state index contributed by atoms with van der Waals surface area (Å²) in [6.07, 6.45) is 3.99. The molecule has 2 N–H and O–H groups in total. The number of nitrogens with zero attached hydrogens (tertiary/aromatic N) is 1. The zero-order valence-electron chi connectivity index (χ0n) is 12.3. The van der Waals surface area contributed by atoms with Crippen molar-refractivity contribution < 1.29 is 4.79 Å². The number of carbonyl (C=O) groups is 1. The number of carbonyl (C=O) groups excluding carboxylic acids is 1. The molecule has 0 aliphatic rings. The molecule has 0 aliphatic carbocycles. The van der Waals surface area contributed by atoms with Crippen LogP contribution in [0.25, 0.3) is 10.8 Å². The van der Waals surface area contributed by atoms with Crippen molar-refractivity contribution in [3.8, 4) is 0 Å². The average molecular weight is 290 g/mol. The summed E-state index contributed by atoms with van der Waals surface area (Å²) < 4.78 is 0. The minimum Gasteiger partial charge on any atom is -0.329 e. The molecule has 3 nitrogen and oxygen atoms in total. The normalized spacial score (nSPS) is 12.2. The van der Waals surface area contributed by atoms with Crippen molar-refractivity contribution in [2.45, 2.75) is 12.3 Å². The number of nitrogens with two attached hydrogens (primary N) is 1. The Morgan fingerprint density at radius 3 is 2.64 bits per heavy atom. The van der Waals surface area contributed by atoms with Crippen LogP contribution >= 0.6 is 0 Å². The molecule has 3 rings (SSSR count). The summed E-state index contributed by atoms with van der Waals surface area (Å²) in [6.45, 7) is 0.334. The summed E-state index contributed by atoms with van der Waals surface area (Å²) in [5.41, 5.74) is 7.82. The highest BCUT2D eigenvalue weighted by Crippen LogP contribution is 2.20. The maximum atomic E-state index is 12.6. The molecule has 0 aliphatic heterocycles. The molecule has 110 valence electrons. The van der Waals surface area contributed by atoms with Crippen molar-refractivity contribution in [3.05, 3.63) is 78.1 Å². The van der Waals surface area contributed by atoms with Gasteiger partial charge in [0.05, 0.1) is 5.92 Å². The van der Waals surface area contributed by atoms with E-state index < -0.39 is 0 Å². The highest BCUT2D eigenvalue weighted by Gasteiger charge is 2.18. The second kappa shape index (κ2) is 6.50. The number of fused-ring (bicyclic) bond motifs is 1. The van der Waals surface area contributed by atoms with Crippen LogP contribution in [0.15, 0.2) is 67.0 Å². The molecular weight excluding hydrogens is 272 g/mol. The highest BCUT2D eigenvalue weighted by atomic mass is 16.1. The molecule has 0 bridgehead atoms. The Kier molecular flexibility index (Phi) is 4.26. The van der Waals surface area contributed by atoms with E-state index in [1.807, 2.05) is 60.8 Å². The van der Waals surface area contributed by atoms with Gasteiger partial charge in [0, 0.05) is 30.7 Å². The molecule has 2 aromatic carbocycles. The predicted molar refractivity (Wildman–Crippen MR) is 88.7 cm³/mol. The summed E-state index contributed by atoms with van der Waals surface area (Å²) in [4.78, 5) is 16.7. The molecule has 0 amide bonds. The maximum absolute atomic E-state index is 12.6. The number of hydrogen-bond acceptors (Lipinski definition) is 3. The van der Waals surface area contributed by atoms with Gasteiger partial charge in [-0.05, 0) is 22.6 Å². The first-order valence-corrected chi connectivity index (χ1v) is 7.38. The third kappa shape index (κ3) is 3.05. The fraction of sp³-hybridized carbons (Fsp3) is 0.158. The molecule has 1 heterocycles. The summed E-state index contributed by atoms with van der Waals surface area (Å²) in [7, 11) is 0. The third-order valence-electron chi connectivity index (χ3n) is 3.91. The van der Waals surface area contributed by atoms with Crippen LogP contribution in [0.2, 0.25) is 0 Å². The van der Waals surface area contributed by atoms with Crippen molar-refractivity contribution in [2.24, 2.45) is 5.73 Å². The molecule has 0 unspecified atom stereocenters. The van der Waals surface area contributed by atoms with E-state index in [9.17, 15) is 4.79 Å². The smallest absolute Gasteiger partial charge is 0.145 e. The molecule has 22 heavy (non-hydrogen) atoms. The van der Waals surface area contributed by atoms with E-state index in [1.165, 1.54) is 0 Å². The van der Waals surface area contributed by atoms with Crippen LogP contribution in [0.5, 0.6) is 0 Å². The summed E-state index contributed by atoms with van der Waals surface area (Å²) in [5, 5.41) is 2.18. The SMILES string of the molecule is NC[C@@H](C(=O)Cc1ccc2cnccc2c1)c1ccccc1. The topological polar surface area (TPSA) is 56.0 Å². The third-order valence-corrected chi connectivity index (χ3v) is 3.91. The Bertz CT molecular complexity index is 784. The van der Waals surface area contributed by atoms with Gasteiger partial charge in [-0.25, -0.2) is 0 Å². The lowest BCUT2D eigenvalue weighted by molar-refractivity contribution is -0.119. The lowest BCUT2D eigenvalue weighted by Crippen LogP contribution is -2.23. The highest BCUT2D eigenvalue weighted by molar-refractivity contribution is 5.89. The van der Waals surface area contributed by atoms with E-state index in [4.69, 9.17) is 5.73 Å². The number of hydrogen-bond donors (Lipinski definition) is 1. The summed E-state index contributed by atoms with van der Waals surface area (Å²) >= 11 is 0. The largest absolute Gasteiger partial charge is 0.329 e. The molecular formula is C19H18N2O. The average Bonchev–Trinajstić information content (AvgIpc) is 2.56. The predicted octanol–water partition coefficient (Wildman–Crippen LogP) is 3.09. The van der Waals surface area contributed by atoms with Gasteiger partial charge in [0.1, 0.15) is 5.78 Å². The lowest BCUT2D eigenvalue weighted by atomic mass is 9.91. The van der Waals surface area contributed by atoms with Crippen LogP contribution < -0.4 is 5.73 Å². The summed E-state index contributed by atoms with van der Waals surface area (Å²) in [6, 6.07) is 17.7. The molecule has 0 fully saturated rings. The van der Waals surface area contributed by atoms with Gasteiger partial charge in [0.25, 0.3) is 0 Å². The van der Waals surface area contributed by atoms with Gasteiger partial charge in [-0.15, -0.1) is 0 Å². The van der Waals surface area contributed by atoms with E-state index >= 15 is 0 Å². The van der Waals surface area contributed by atoms with E-state index in [0.29, 0.717) is 13.0 Å². The number of rotatable bonds is 5. The second-order valence-corrected chi connectivity index (χ2v) is 5.40. The molecule has 0 spiro atoms. The number of pyridine rings is 1. The van der Waals surface area contributed by atoms with Gasteiger partial charge in [0.15, 0.2) is 0 Å². The second-order valence-electron chi connectivity index (χ2n) is 5.40. The van der Waals surface area contributed by atoms with Crippen molar-refractivity contribution in [2.75, 3.05) is 6.54 Å². The monoisotopic (exact) mass is 290 g/mol. The Labute approximate surface area is 129 Å². The maximum Gasteiger partial charge on any atom is 0.145 e. The lowest BCUT2D eigenvalue weighted by Gasteiger charge is -2.14. The van der Waals surface area contributed by atoms with E-state index in [-0.39, 0.29) is 11.7 Å². The van der Waals surface area contributed by atoms with Crippen LogP contribution in [0, 0.1) is 0 Å². The fourth-order valence-electron chi connectivity index (χ4n) is 2.71. The van der Waals surface area contributed by atoms with Crippen molar-refractivity contribution >= 4 is 16.6 Å². The van der Waals surface area contributed by atoms with E-state index in [1.54, 1.807) is 6.20 Å². The molecule has 3 heteroatoms. The molecule has 0 saturated heterocycles. The molecule has 1 aromatic heterocycles. The number of benzene rings is 2. The number of ketones is 1. The van der Waals surface area contributed by atoms with E-state index in [0.717, 1.165) is 21.9 Å². The Morgan fingerprint density at radius 2 is 1.86 bits per heavy atom. The first-order chi connectivity index (χ1) is 10.8. The minimum absolute atomic E-state index is 0.155. The first-order valence-electron chi connectivity index (χ1n) is 7.38. The molecule has 1 atom stereocenters. The van der Waals surface area contributed by atoms with Crippen LogP contribution in [-0.4, -0.2) is 17.3 Å². The van der Waals surface area contributed by atoms with Gasteiger partial charge in [-0.3, -0.25) is 9.78 Å². The standard InChI is InChI=1S/C19H18N2O/c20-12-18(15-4-2-1-3-5-15)19(22)11-14-6-7-17-13-21-9-8-16(17)10-14/h1-10,13,18H,11-12,20H2/t18-/m1/s1. The van der Waals surface area contributed by atoms with Crippen molar-refractivity contribution in [3.63, 3.8) is 0 Å². The Morgan fingerprint density at radius 1 is 1.05 bits per heavy atom. The van der Waals surface area contributed by atoms with Crippen LogP contribution in [-0.2, 0) is 11.2 Å². The quantitative estimate of drug-likeness (QED) is 0.785. The first kappa shape index (κ1) is 14.4. The van der Waals surface area contributed by atoms with Crippen LogP contribution in [0.4, 0.5) is 0 Å². The zero-order chi connectivity index (χ0) is 15.4. The zero-order valence-corrected chi connectivity index (χ0v) is 12.3. The Balaban J connectivity index is 1.82. The molecule has 0 radical (unpaired) electrons. The van der Waals surface area contributed by atoms with Crippen LogP contribution in [0.3, 0.4) is 0 Å². The minimum atomic E-state index is -0.241. The van der Waals surface area contributed by atoms with Gasteiger partial charge >= 0.3 is 0 Å².